The normalized spacial score (nSPS) is 19.0. The lowest BCUT2D eigenvalue weighted by atomic mass is 10.1. The topological polar surface area (TPSA) is 35.5 Å². The van der Waals surface area contributed by atoms with E-state index in [1.54, 1.807) is 12.1 Å². The highest BCUT2D eigenvalue weighted by atomic mass is 19.1. The Kier molecular flexibility index (Phi) is 5.29. The van der Waals surface area contributed by atoms with Gasteiger partial charge in [-0.2, -0.15) is 0 Å². The highest BCUT2D eigenvalue weighted by Gasteiger charge is 2.19. The summed E-state index contributed by atoms with van der Waals surface area (Å²) in [5, 5.41) is 8.92. The Morgan fingerprint density at radius 1 is 0.769 bits per heavy atom. The largest absolute Gasteiger partial charge is 0.355 e. The van der Waals surface area contributed by atoms with Gasteiger partial charge < -0.3 is 9.80 Å². The molecule has 5 nitrogen and oxygen atoms in total. The van der Waals surface area contributed by atoms with Crippen LogP contribution in [0.2, 0.25) is 0 Å². The van der Waals surface area contributed by atoms with E-state index in [4.69, 9.17) is 0 Å². The highest BCUT2D eigenvalue weighted by Crippen LogP contribution is 2.20. The maximum atomic E-state index is 13.3. The fourth-order valence-electron chi connectivity index (χ4n) is 3.81. The van der Waals surface area contributed by atoms with Gasteiger partial charge in [0.2, 0.25) is 0 Å². The van der Waals surface area contributed by atoms with Gasteiger partial charge in [0.15, 0.2) is 11.6 Å². The highest BCUT2D eigenvalue weighted by molar-refractivity contribution is 5.45. The molecule has 3 heterocycles. The van der Waals surface area contributed by atoms with Crippen LogP contribution in [0.1, 0.15) is 24.8 Å². The fourth-order valence-corrected chi connectivity index (χ4v) is 3.81. The third-order valence-electron chi connectivity index (χ3n) is 5.31. The van der Waals surface area contributed by atoms with Gasteiger partial charge >= 0.3 is 0 Å². The number of benzene rings is 1. The lowest BCUT2D eigenvalue weighted by molar-refractivity contribution is 0.249. The summed E-state index contributed by atoms with van der Waals surface area (Å²) in [6.07, 6.45) is 3.81. The summed E-state index contributed by atoms with van der Waals surface area (Å²) in [5.74, 6) is 1.79. The zero-order valence-corrected chi connectivity index (χ0v) is 15.1. The predicted octanol–water partition coefficient (Wildman–Crippen LogP) is 2.93. The minimum Gasteiger partial charge on any atom is -0.355 e. The van der Waals surface area contributed by atoms with E-state index in [-0.39, 0.29) is 5.82 Å². The number of piperazine rings is 1. The van der Waals surface area contributed by atoms with Crippen molar-refractivity contribution in [3.63, 3.8) is 0 Å². The van der Waals surface area contributed by atoms with Crippen LogP contribution in [-0.2, 0) is 6.54 Å². The molecule has 0 saturated carbocycles. The fraction of sp³-hybridized carbons (Fsp3) is 0.500. The molecule has 0 atom stereocenters. The molecule has 0 unspecified atom stereocenters. The first kappa shape index (κ1) is 17.2. The molecular formula is C20H26FN5. The molecule has 2 aliphatic heterocycles. The third kappa shape index (κ3) is 4.12. The molecule has 2 aromatic rings. The summed E-state index contributed by atoms with van der Waals surface area (Å²) >= 11 is 0. The number of anilines is 2. The van der Waals surface area contributed by atoms with Gasteiger partial charge in [0.25, 0.3) is 0 Å². The van der Waals surface area contributed by atoms with Gasteiger partial charge in [-0.15, -0.1) is 10.2 Å². The summed E-state index contributed by atoms with van der Waals surface area (Å²) in [4.78, 5) is 6.98. The van der Waals surface area contributed by atoms with Crippen molar-refractivity contribution in [1.29, 1.82) is 0 Å². The summed E-state index contributed by atoms with van der Waals surface area (Å²) in [6.45, 7) is 6.73. The monoisotopic (exact) mass is 355 g/mol. The van der Waals surface area contributed by atoms with Crippen molar-refractivity contribution in [2.75, 3.05) is 49.1 Å². The van der Waals surface area contributed by atoms with E-state index >= 15 is 0 Å². The van der Waals surface area contributed by atoms with Crippen molar-refractivity contribution in [2.45, 2.75) is 25.8 Å². The number of hydrogen-bond donors (Lipinski definition) is 0. The van der Waals surface area contributed by atoms with Crippen LogP contribution in [0, 0.1) is 5.82 Å². The Balaban J connectivity index is 1.31. The molecule has 0 radical (unpaired) electrons. The first-order valence-corrected chi connectivity index (χ1v) is 9.58. The summed E-state index contributed by atoms with van der Waals surface area (Å²) in [7, 11) is 0. The van der Waals surface area contributed by atoms with E-state index in [9.17, 15) is 4.39 Å². The van der Waals surface area contributed by atoms with Crippen molar-refractivity contribution >= 4 is 11.6 Å². The van der Waals surface area contributed by atoms with Crippen LogP contribution in [0.5, 0.6) is 0 Å². The predicted molar refractivity (Wildman–Crippen MR) is 102 cm³/mol. The summed E-state index contributed by atoms with van der Waals surface area (Å²) in [6, 6.07) is 11.1. The van der Waals surface area contributed by atoms with E-state index in [1.165, 1.54) is 25.3 Å². The minimum atomic E-state index is -0.162. The maximum absolute atomic E-state index is 13.3. The van der Waals surface area contributed by atoms with Crippen LogP contribution in [0.15, 0.2) is 36.4 Å². The van der Waals surface area contributed by atoms with Gasteiger partial charge in [-0.1, -0.05) is 12.1 Å². The molecule has 2 aliphatic rings. The van der Waals surface area contributed by atoms with E-state index < -0.39 is 0 Å². The van der Waals surface area contributed by atoms with Gasteiger partial charge in [-0.3, -0.25) is 4.90 Å². The van der Waals surface area contributed by atoms with Gasteiger partial charge in [0.1, 0.15) is 5.82 Å². The molecule has 0 N–H and O–H groups in total. The number of aromatic nitrogens is 2. The molecule has 1 aromatic carbocycles. The molecule has 4 rings (SSSR count). The van der Waals surface area contributed by atoms with Crippen molar-refractivity contribution in [1.82, 2.24) is 15.1 Å². The van der Waals surface area contributed by atoms with E-state index in [0.29, 0.717) is 0 Å². The minimum absolute atomic E-state index is 0.162. The molecule has 138 valence electrons. The number of hydrogen-bond acceptors (Lipinski definition) is 5. The molecule has 2 fully saturated rings. The van der Waals surface area contributed by atoms with Crippen molar-refractivity contribution in [3.8, 4) is 0 Å². The molecule has 0 aliphatic carbocycles. The third-order valence-corrected chi connectivity index (χ3v) is 5.31. The lowest BCUT2D eigenvalue weighted by Crippen LogP contribution is -2.46. The van der Waals surface area contributed by atoms with Gasteiger partial charge in [-0.25, -0.2) is 4.39 Å². The first-order chi connectivity index (χ1) is 12.8. The van der Waals surface area contributed by atoms with Crippen LogP contribution >= 0.6 is 0 Å². The van der Waals surface area contributed by atoms with Crippen LogP contribution in [0.3, 0.4) is 0 Å². The molecule has 1 aromatic heterocycles. The van der Waals surface area contributed by atoms with Gasteiger partial charge in [0.05, 0.1) is 0 Å². The molecule has 6 heteroatoms. The van der Waals surface area contributed by atoms with Crippen molar-refractivity contribution in [3.05, 3.63) is 47.8 Å². The first-order valence-electron chi connectivity index (χ1n) is 9.58. The quantitative estimate of drug-likeness (QED) is 0.843. The Bertz CT molecular complexity index is 706. The average molecular weight is 355 g/mol. The molecule has 0 amide bonds. The lowest BCUT2D eigenvalue weighted by Gasteiger charge is -2.35. The SMILES string of the molecule is Fc1cccc(CN2CCN(c3ccc(N4CCCCC4)nn3)CC2)c1. The van der Waals surface area contributed by atoms with Crippen molar-refractivity contribution in [2.24, 2.45) is 0 Å². The molecule has 0 spiro atoms. The van der Waals surface area contributed by atoms with E-state index in [0.717, 1.165) is 63.0 Å². The summed E-state index contributed by atoms with van der Waals surface area (Å²) in [5.41, 5.74) is 1.03. The zero-order chi connectivity index (χ0) is 17.8. The van der Waals surface area contributed by atoms with Crippen LogP contribution < -0.4 is 9.80 Å². The van der Waals surface area contributed by atoms with Crippen LogP contribution in [0.25, 0.3) is 0 Å². The van der Waals surface area contributed by atoms with E-state index in [1.807, 2.05) is 6.07 Å². The maximum Gasteiger partial charge on any atom is 0.151 e. The molecular weight excluding hydrogens is 329 g/mol. The Morgan fingerprint density at radius 3 is 2.04 bits per heavy atom. The number of nitrogens with zero attached hydrogens (tertiary/aromatic N) is 5. The second-order valence-corrected chi connectivity index (χ2v) is 7.19. The number of halogens is 1. The number of piperidine rings is 1. The van der Waals surface area contributed by atoms with Gasteiger partial charge in [0, 0.05) is 45.8 Å². The Morgan fingerprint density at radius 2 is 1.42 bits per heavy atom. The van der Waals surface area contributed by atoms with Crippen LogP contribution in [0.4, 0.5) is 16.0 Å². The van der Waals surface area contributed by atoms with Crippen LogP contribution in [-0.4, -0.2) is 54.4 Å². The van der Waals surface area contributed by atoms with Crippen molar-refractivity contribution < 1.29 is 4.39 Å². The van der Waals surface area contributed by atoms with E-state index in [2.05, 4.69) is 37.0 Å². The average Bonchev–Trinajstić information content (AvgIpc) is 2.70. The molecule has 2 saturated heterocycles. The second kappa shape index (κ2) is 7.99. The zero-order valence-electron chi connectivity index (χ0n) is 15.1. The number of rotatable bonds is 4. The van der Waals surface area contributed by atoms with Gasteiger partial charge in [-0.05, 0) is 49.1 Å². The second-order valence-electron chi connectivity index (χ2n) is 7.19. The molecule has 26 heavy (non-hydrogen) atoms. The smallest absolute Gasteiger partial charge is 0.151 e. The summed E-state index contributed by atoms with van der Waals surface area (Å²) < 4.78 is 13.3. The Hall–Kier alpha value is -2.21. The molecule has 0 bridgehead atoms. The Labute approximate surface area is 154 Å². The standard InChI is InChI=1S/C20H26FN5/c21-18-6-4-5-17(15-18)16-24-11-13-26(14-12-24)20-8-7-19(22-23-20)25-9-2-1-3-10-25/h4-8,15H,1-3,9-14,16H2.